The summed E-state index contributed by atoms with van der Waals surface area (Å²) in [6.07, 6.45) is 0. The second-order valence-electron chi connectivity index (χ2n) is 4.85. The minimum atomic E-state index is -3.69. The standard InChI is InChI=1S/C15H18N2O2S/c1-10-8-9-13(16)15(12(10)3)20(18,19)17-14-7-5-4-6-11(14)2/h4-9,17H,16H2,1-3H3. The molecule has 5 heteroatoms. The fourth-order valence-corrected chi connectivity index (χ4v) is 3.61. The fraction of sp³-hybridized carbons (Fsp3) is 0.200. The average molecular weight is 290 g/mol. The predicted octanol–water partition coefficient (Wildman–Crippen LogP) is 2.99. The molecule has 20 heavy (non-hydrogen) atoms. The fourth-order valence-electron chi connectivity index (χ4n) is 2.05. The van der Waals surface area contributed by atoms with Gasteiger partial charge in [0.05, 0.1) is 11.4 Å². The SMILES string of the molecule is Cc1ccccc1NS(=O)(=O)c1c(N)ccc(C)c1C. The van der Waals surface area contributed by atoms with Gasteiger partial charge in [-0.2, -0.15) is 0 Å². The number of hydrogen-bond acceptors (Lipinski definition) is 3. The molecule has 0 aromatic heterocycles. The van der Waals surface area contributed by atoms with Gasteiger partial charge in [-0.05, 0) is 49.6 Å². The molecule has 2 aromatic carbocycles. The van der Waals surface area contributed by atoms with Gasteiger partial charge < -0.3 is 5.73 Å². The molecule has 3 N–H and O–H groups in total. The number of para-hydroxylation sites is 1. The number of nitrogens with one attached hydrogen (secondary N) is 1. The minimum Gasteiger partial charge on any atom is -0.398 e. The molecule has 4 nitrogen and oxygen atoms in total. The highest BCUT2D eigenvalue weighted by Gasteiger charge is 2.21. The maximum Gasteiger partial charge on any atom is 0.264 e. The van der Waals surface area contributed by atoms with Crippen LogP contribution in [-0.4, -0.2) is 8.42 Å². The Morgan fingerprint density at radius 2 is 1.60 bits per heavy atom. The van der Waals surface area contributed by atoms with E-state index in [1.165, 1.54) is 0 Å². The summed E-state index contributed by atoms with van der Waals surface area (Å²) in [5.41, 5.74) is 9.10. The Morgan fingerprint density at radius 3 is 2.25 bits per heavy atom. The van der Waals surface area contributed by atoms with Crippen molar-refractivity contribution < 1.29 is 8.42 Å². The van der Waals surface area contributed by atoms with Crippen LogP contribution in [0.25, 0.3) is 0 Å². The maximum atomic E-state index is 12.6. The highest BCUT2D eigenvalue weighted by atomic mass is 32.2. The summed E-state index contributed by atoms with van der Waals surface area (Å²) in [6.45, 7) is 5.48. The largest absolute Gasteiger partial charge is 0.398 e. The average Bonchev–Trinajstić information content (AvgIpc) is 2.37. The van der Waals surface area contributed by atoms with E-state index in [2.05, 4.69) is 4.72 Å². The molecule has 0 bridgehead atoms. The zero-order valence-corrected chi connectivity index (χ0v) is 12.6. The summed E-state index contributed by atoms with van der Waals surface area (Å²) < 4.78 is 27.7. The first-order valence-electron chi connectivity index (χ1n) is 6.27. The third-order valence-corrected chi connectivity index (χ3v) is 4.93. The molecule has 2 aromatic rings. The van der Waals surface area contributed by atoms with Crippen molar-refractivity contribution >= 4 is 21.4 Å². The van der Waals surface area contributed by atoms with Crippen molar-refractivity contribution in [3.63, 3.8) is 0 Å². The highest BCUT2D eigenvalue weighted by Crippen LogP contribution is 2.28. The van der Waals surface area contributed by atoms with Crippen LogP contribution in [0.1, 0.15) is 16.7 Å². The Bertz CT molecular complexity index is 752. The molecule has 0 fully saturated rings. The number of nitrogen functional groups attached to an aromatic ring is 1. The molecule has 0 amide bonds. The molecule has 0 saturated carbocycles. The molecule has 0 heterocycles. The zero-order chi connectivity index (χ0) is 14.9. The van der Waals surface area contributed by atoms with E-state index < -0.39 is 10.0 Å². The normalized spacial score (nSPS) is 11.3. The summed E-state index contributed by atoms with van der Waals surface area (Å²) in [6, 6.07) is 10.7. The summed E-state index contributed by atoms with van der Waals surface area (Å²) in [4.78, 5) is 0.153. The first-order valence-corrected chi connectivity index (χ1v) is 7.75. The summed E-state index contributed by atoms with van der Waals surface area (Å²) in [7, 11) is -3.69. The molecule has 2 rings (SSSR count). The van der Waals surface area contributed by atoms with Gasteiger partial charge in [-0.15, -0.1) is 0 Å². The Balaban J connectivity index is 2.52. The quantitative estimate of drug-likeness (QED) is 0.854. The molecule has 0 aliphatic rings. The Morgan fingerprint density at radius 1 is 0.950 bits per heavy atom. The first kappa shape index (κ1) is 14.4. The molecule has 0 aliphatic heterocycles. The third-order valence-electron chi connectivity index (χ3n) is 3.37. The number of anilines is 2. The Kier molecular flexibility index (Phi) is 3.72. The van der Waals surface area contributed by atoms with Crippen LogP contribution >= 0.6 is 0 Å². The highest BCUT2D eigenvalue weighted by molar-refractivity contribution is 7.93. The van der Waals surface area contributed by atoms with Crippen molar-refractivity contribution in [2.75, 3.05) is 10.5 Å². The Hall–Kier alpha value is -2.01. The van der Waals surface area contributed by atoms with Crippen LogP contribution in [0, 0.1) is 20.8 Å². The second-order valence-corrected chi connectivity index (χ2v) is 6.47. The molecule has 0 unspecified atom stereocenters. The summed E-state index contributed by atoms with van der Waals surface area (Å²) in [5, 5.41) is 0. The first-order chi connectivity index (χ1) is 9.33. The van der Waals surface area contributed by atoms with Crippen molar-refractivity contribution in [2.24, 2.45) is 0 Å². The molecule has 0 atom stereocenters. The molecule has 0 radical (unpaired) electrons. The van der Waals surface area contributed by atoms with E-state index in [4.69, 9.17) is 5.73 Å². The molecule has 106 valence electrons. The predicted molar refractivity (Wildman–Crippen MR) is 82.3 cm³/mol. The molecular formula is C15H18N2O2S. The van der Waals surface area contributed by atoms with E-state index in [1.807, 2.05) is 32.0 Å². The van der Waals surface area contributed by atoms with Gasteiger partial charge in [0.1, 0.15) is 4.90 Å². The number of rotatable bonds is 3. The van der Waals surface area contributed by atoms with Crippen molar-refractivity contribution in [3.05, 3.63) is 53.1 Å². The van der Waals surface area contributed by atoms with Crippen LogP contribution in [0.3, 0.4) is 0 Å². The van der Waals surface area contributed by atoms with Crippen LogP contribution in [0.4, 0.5) is 11.4 Å². The molecule has 0 saturated heterocycles. The van der Waals surface area contributed by atoms with Gasteiger partial charge in [-0.3, -0.25) is 4.72 Å². The van der Waals surface area contributed by atoms with Crippen molar-refractivity contribution in [1.29, 1.82) is 0 Å². The van der Waals surface area contributed by atoms with Crippen molar-refractivity contribution in [2.45, 2.75) is 25.7 Å². The lowest BCUT2D eigenvalue weighted by Crippen LogP contribution is -2.17. The molecular weight excluding hydrogens is 272 g/mol. The van der Waals surface area contributed by atoms with Gasteiger partial charge in [0.25, 0.3) is 10.0 Å². The number of hydrogen-bond donors (Lipinski definition) is 2. The molecule has 0 aliphatic carbocycles. The lowest BCUT2D eigenvalue weighted by atomic mass is 10.1. The minimum absolute atomic E-state index is 0.153. The second kappa shape index (κ2) is 5.17. The van der Waals surface area contributed by atoms with Gasteiger partial charge in [0.2, 0.25) is 0 Å². The van der Waals surface area contributed by atoms with Crippen LogP contribution < -0.4 is 10.5 Å². The molecule has 0 spiro atoms. The van der Waals surface area contributed by atoms with Gasteiger partial charge in [-0.1, -0.05) is 24.3 Å². The smallest absolute Gasteiger partial charge is 0.264 e. The number of nitrogens with two attached hydrogens (primary N) is 1. The topological polar surface area (TPSA) is 72.2 Å². The van der Waals surface area contributed by atoms with Crippen LogP contribution in [0.15, 0.2) is 41.3 Å². The lowest BCUT2D eigenvalue weighted by molar-refractivity contribution is 0.601. The van der Waals surface area contributed by atoms with E-state index in [0.717, 1.165) is 11.1 Å². The van der Waals surface area contributed by atoms with Crippen molar-refractivity contribution in [1.82, 2.24) is 0 Å². The third kappa shape index (κ3) is 2.63. The van der Waals surface area contributed by atoms with Crippen LogP contribution in [0.2, 0.25) is 0 Å². The van der Waals surface area contributed by atoms with Gasteiger partial charge in [0, 0.05) is 0 Å². The number of sulfonamides is 1. The van der Waals surface area contributed by atoms with E-state index >= 15 is 0 Å². The summed E-state index contributed by atoms with van der Waals surface area (Å²) in [5.74, 6) is 0. The van der Waals surface area contributed by atoms with Crippen LogP contribution in [-0.2, 0) is 10.0 Å². The number of benzene rings is 2. The summed E-state index contributed by atoms with van der Waals surface area (Å²) >= 11 is 0. The van der Waals surface area contributed by atoms with Crippen molar-refractivity contribution in [3.8, 4) is 0 Å². The lowest BCUT2D eigenvalue weighted by Gasteiger charge is -2.15. The Labute approximate surface area is 119 Å². The van der Waals surface area contributed by atoms with Crippen LogP contribution in [0.5, 0.6) is 0 Å². The monoisotopic (exact) mass is 290 g/mol. The van der Waals surface area contributed by atoms with E-state index in [-0.39, 0.29) is 10.6 Å². The van der Waals surface area contributed by atoms with E-state index in [0.29, 0.717) is 11.3 Å². The van der Waals surface area contributed by atoms with E-state index in [1.54, 1.807) is 25.1 Å². The van der Waals surface area contributed by atoms with E-state index in [9.17, 15) is 8.42 Å². The van der Waals surface area contributed by atoms with Gasteiger partial charge >= 0.3 is 0 Å². The number of aryl methyl sites for hydroxylation is 2. The van der Waals surface area contributed by atoms with Gasteiger partial charge in [-0.25, -0.2) is 8.42 Å². The van der Waals surface area contributed by atoms with Gasteiger partial charge in [0.15, 0.2) is 0 Å². The maximum absolute atomic E-state index is 12.6. The zero-order valence-electron chi connectivity index (χ0n) is 11.8.